The Kier molecular flexibility index (Phi) is 7.62. The number of halogens is 1. The quantitative estimate of drug-likeness (QED) is 0.165. The predicted octanol–water partition coefficient (Wildman–Crippen LogP) is 5.90. The number of carbonyl (C=O) groups excluding carboxylic acids is 1. The van der Waals surface area contributed by atoms with Gasteiger partial charge in [0.1, 0.15) is 10.1 Å². The van der Waals surface area contributed by atoms with Gasteiger partial charge in [-0.05, 0) is 48.0 Å². The molecule has 7 heteroatoms. The van der Waals surface area contributed by atoms with E-state index >= 15 is 0 Å². The summed E-state index contributed by atoms with van der Waals surface area (Å²) in [6.07, 6.45) is 3.52. The number of amides is 1. The Labute approximate surface area is 183 Å². The molecule has 1 aliphatic rings. The Hall–Kier alpha value is -1.73. The second-order valence-corrected chi connectivity index (χ2v) is 9.08. The maximum Gasteiger partial charge on any atom is 0.266 e. The van der Waals surface area contributed by atoms with E-state index in [1.165, 1.54) is 11.8 Å². The average molecular weight is 448 g/mol. The van der Waals surface area contributed by atoms with E-state index in [4.69, 9.17) is 28.6 Å². The molecule has 0 unspecified atom stereocenters. The van der Waals surface area contributed by atoms with Crippen LogP contribution in [0.2, 0.25) is 5.02 Å². The van der Waals surface area contributed by atoms with Gasteiger partial charge in [-0.2, -0.15) is 0 Å². The van der Waals surface area contributed by atoms with Gasteiger partial charge in [-0.25, -0.2) is 0 Å². The van der Waals surface area contributed by atoms with Crippen molar-refractivity contribution in [1.82, 2.24) is 4.90 Å². The fourth-order valence-corrected chi connectivity index (χ4v) is 4.61. The molecular weight excluding hydrogens is 430 g/mol. The Morgan fingerprint density at radius 2 is 2.04 bits per heavy atom. The molecule has 0 N–H and O–H groups in total. The summed E-state index contributed by atoms with van der Waals surface area (Å²) in [5, 5.41) is 0.735. The van der Waals surface area contributed by atoms with Crippen LogP contribution < -0.4 is 4.74 Å². The van der Waals surface area contributed by atoms with Crippen LogP contribution in [-0.4, -0.2) is 34.0 Å². The molecule has 3 nitrogen and oxygen atoms in total. The number of thiocarbonyl (C=S) groups is 1. The monoisotopic (exact) mass is 447 g/mol. The molecule has 3 rings (SSSR count). The molecule has 0 radical (unpaired) electrons. The number of thioether (sulfide) groups is 2. The molecule has 144 valence electrons. The van der Waals surface area contributed by atoms with Crippen molar-refractivity contribution in [2.75, 3.05) is 18.9 Å². The van der Waals surface area contributed by atoms with Gasteiger partial charge in [0.15, 0.2) is 0 Å². The van der Waals surface area contributed by atoms with Crippen molar-refractivity contribution in [2.45, 2.75) is 4.90 Å². The van der Waals surface area contributed by atoms with Gasteiger partial charge < -0.3 is 4.74 Å². The van der Waals surface area contributed by atoms with Gasteiger partial charge in [0.05, 0.1) is 11.5 Å². The van der Waals surface area contributed by atoms with Crippen molar-refractivity contribution in [3.8, 4) is 5.75 Å². The number of hydrogen-bond acceptors (Lipinski definition) is 5. The summed E-state index contributed by atoms with van der Waals surface area (Å²) in [6.45, 7) is 4.67. The lowest BCUT2D eigenvalue weighted by molar-refractivity contribution is -0.121. The fourth-order valence-electron chi connectivity index (χ4n) is 2.48. The van der Waals surface area contributed by atoms with E-state index in [1.807, 2.05) is 54.6 Å². The summed E-state index contributed by atoms with van der Waals surface area (Å²) in [6, 6.07) is 15.4. The lowest BCUT2D eigenvalue weighted by Crippen LogP contribution is -2.27. The van der Waals surface area contributed by atoms with Crippen LogP contribution in [0.5, 0.6) is 5.75 Å². The van der Waals surface area contributed by atoms with E-state index in [0.29, 0.717) is 22.4 Å². The van der Waals surface area contributed by atoms with Crippen LogP contribution >= 0.6 is 47.3 Å². The third-order valence-corrected chi connectivity index (χ3v) is 6.38. The number of nitrogens with zero attached hydrogens (tertiary/aromatic N) is 1. The van der Waals surface area contributed by atoms with Gasteiger partial charge >= 0.3 is 0 Å². The van der Waals surface area contributed by atoms with E-state index in [0.717, 1.165) is 27.0 Å². The molecule has 1 fully saturated rings. The standard InChI is InChI=1S/C21H18ClNO2S3/c1-2-10-23-20(24)19(28-21(23)26)14-15-4-3-5-17(13-15)25-11-12-27-18-8-6-16(22)7-9-18/h2-9,13-14H,1,10-12H2/b19-14-. The van der Waals surface area contributed by atoms with Crippen LogP contribution in [0, 0.1) is 0 Å². The highest BCUT2D eigenvalue weighted by Crippen LogP contribution is 2.32. The summed E-state index contributed by atoms with van der Waals surface area (Å²) in [5.41, 5.74) is 0.905. The average Bonchev–Trinajstić information content (AvgIpc) is 2.95. The summed E-state index contributed by atoms with van der Waals surface area (Å²) in [4.78, 5) is 15.7. The van der Waals surface area contributed by atoms with Crippen molar-refractivity contribution in [2.24, 2.45) is 0 Å². The highest BCUT2D eigenvalue weighted by Gasteiger charge is 2.30. The second-order valence-electron chi connectivity index (χ2n) is 5.80. The Balaban J connectivity index is 1.56. The van der Waals surface area contributed by atoms with E-state index in [1.54, 1.807) is 22.7 Å². The molecule has 1 amide bonds. The van der Waals surface area contributed by atoms with Gasteiger partial charge in [0.25, 0.3) is 5.91 Å². The minimum Gasteiger partial charge on any atom is -0.493 e. The SMILES string of the molecule is C=CCN1C(=O)/C(=C/c2cccc(OCCSc3ccc(Cl)cc3)c2)SC1=S. The van der Waals surface area contributed by atoms with E-state index in [2.05, 4.69) is 6.58 Å². The highest BCUT2D eigenvalue weighted by molar-refractivity contribution is 8.26. The van der Waals surface area contributed by atoms with E-state index in [-0.39, 0.29) is 5.91 Å². The molecule has 0 spiro atoms. The molecule has 0 bridgehead atoms. The number of ether oxygens (including phenoxy) is 1. The van der Waals surface area contributed by atoms with Crippen molar-refractivity contribution < 1.29 is 9.53 Å². The first-order valence-corrected chi connectivity index (χ1v) is 11.1. The molecule has 2 aromatic carbocycles. The number of hydrogen-bond donors (Lipinski definition) is 0. The largest absolute Gasteiger partial charge is 0.493 e. The predicted molar refractivity (Wildman–Crippen MR) is 124 cm³/mol. The molecule has 28 heavy (non-hydrogen) atoms. The van der Waals surface area contributed by atoms with Crippen molar-refractivity contribution in [3.63, 3.8) is 0 Å². The molecule has 0 aliphatic carbocycles. The normalized spacial score (nSPS) is 15.3. The topological polar surface area (TPSA) is 29.5 Å². The molecule has 0 atom stereocenters. The van der Waals surface area contributed by atoms with E-state index < -0.39 is 0 Å². The van der Waals surface area contributed by atoms with Crippen LogP contribution in [0.1, 0.15) is 5.56 Å². The second kappa shape index (κ2) is 10.2. The van der Waals surface area contributed by atoms with Crippen LogP contribution in [0.15, 0.2) is 71.0 Å². The maximum absolute atomic E-state index is 12.4. The maximum atomic E-state index is 12.4. The number of rotatable bonds is 8. The first kappa shape index (κ1) is 21.0. The Bertz CT molecular complexity index is 912. The van der Waals surface area contributed by atoms with Crippen molar-refractivity contribution in [1.29, 1.82) is 0 Å². The zero-order chi connectivity index (χ0) is 19.9. The van der Waals surface area contributed by atoms with Gasteiger partial charge in [0, 0.05) is 22.2 Å². The summed E-state index contributed by atoms with van der Waals surface area (Å²) in [5.74, 6) is 1.51. The fraction of sp³-hybridized carbons (Fsp3) is 0.143. The summed E-state index contributed by atoms with van der Waals surface area (Å²) >= 11 is 14.2. The lowest BCUT2D eigenvalue weighted by Gasteiger charge is -2.10. The highest BCUT2D eigenvalue weighted by atomic mass is 35.5. The molecule has 1 saturated heterocycles. The Morgan fingerprint density at radius 3 is 2.79 bits per heavy atom. The summed E-state index contributed by atoms with van der Waals surface area (Å²) in [7, 11) is 0. The van der Waals surface area contributed by atoms with E-state index in [9.17, 15) is 4.79 Å². The first-order chi connectivity index (χ1) is 13.6. The minimum atomic E-state index is -0.0828. The van der Waals surface area contributed by atoms with Crippen LogP contribution in [0.25, 0.3) is 6.08 Å². The van der Waals surface area contributed by atoms with Crippen LogP contribution in [0.4, 0.5) is 0 Å². The third kappa shape index (κ3) is 5.64. The molecule has 2 aromatic rings. The minimum absolute atomic E-state index is 0.0828. The first-order valence-electron chi connectivity index (χ1n) is 8.54. The van der Waals surface area contributed by atoms with Gasteiger partial charge in [0.2, 0.25) is 0 Å². The zero-order valence-electron chi connectivity index (χ0n) is 15.0. The van der Waals surface area contributed by atoms with Gasteiger partial charge in [-0.1, -0.05) is 53.8 Å². The van der Waals surface area contributed by atoms with Crippen LogP contribution in [-0.2, 0) is 4.79 Å². The number of carbonyl (C=O) groups is 1. The molecular formula is C21H18ClNO2S3. The van der Waals surface area contributed by atoms with Gasteiger partial charge in [-0.3, -0.25) is 9.69 Å². The lowest BCUT2D eigenvalue weighted by atomic mass is 10.2. The Morgan fingerprint density at radius 1 is 1.25 bits per heavy atom. The number of benzene rings is 2. The van der Waals surface area contributed by atoms with Gasteiger partial charge in [-0.15, -0.1) is 18.3 Å². The molecule has 1 heterocycles. The van der Waals surface area contributed by atoms with Crippen molar-refractivity contribution >= 4 is 63.6 Å². The summed E-state index contributed by atoms with van der Waals surface area (Å²) < 4.78 is 6.41. The van der Waals surface area contributed by atoms with Crippen molar-refractivity contribution in [3.05, 3.63) is 76.7 Å². The molecule has 0 saturated carbocycles. The smallest absolute Gasteiger partial charge is 0.266 e. The van der Waals surface area contributed by atoms with Crippen LogP contribution in [0.3, 0.4) is 0 Å². The third-order valence-electron chi connectivity index (χ3n) is 3.78. The zero-order valence-corrected chi connectivity index (χ0v) is 18.2. The molecule has 1 aliphatic heterocycles. The molecule has 0 aromatic heterocycles.